The van der Waals surface area contributed by atoms with E-state index in [9.17, 15) is 24.6 Å². The van der Waals surface area contributed by atoms with Crippen LogP contribution in [0.1, 0.15) is 46.5 Å². The van der Waals surface area contributed by atoms with Crippen molar-refractivity contribution in [2.75, 3.05) is 20.0 Å². The number of aliphatic hydroxyl groups is 1. The Morgan fingerprint density at radius 1 is 1.00 bits per heavy atom. The summed E-state index contributed by atoms with van der Waals surface area (Å²) in [7, 11) is 4.00. The standard InChI is InChI=1S/C34H42N4O5S/c1-22-26(15-10-16-28(22)39)31(41)36-27(18-23-11-7-6-8-12-23)29(40)33(43)38-21-44-34(2,3)30(38)32(42)35-19-24-13-9-14-25(17-24)20-37(4)5/h6-17,27,29-30,39-40H,18-21H2,1-5H3,(H,35,42)(H,36,41)/t27-,29-,30?/m0/s1. The van der Waals surface area contributed by atoms with Gasteiger partial charge in [-0.3, -0.25) is 14.4 Å². The van der Waals surface area contributed by atoms with E-state index in [2.05, 4.69) is 15.5 Å². The number of thioether (sulfide) groups is 1. The molecule has 1 aliphatic rings. The molecule has 1 saturated heterocycles. The van der Waals surface area contributed by atoms with Crippen molar-refractivity contribution in [3.05, 3.63) is 101 Å². The maximum atomic E-state index is 13.9. The van der Waals surface area contributed by atoms with Gasteiger partial charge in [0.1, 0.15) is 11.8 Å². The van der Waals surface area contributed by atoms with Crippen LogP contribution in [0.25, 0.3) is 0 Å². The fourth-order valence-electron chi connectivity index (χ4n) is 5.47. The predicted molar refractivity (Wildman–Crippen MR) is 173 cm³/mol. The van der Waals surface area contributed by atoms with Crippen LogP contribution in [0, 0.1) is 6.92 Å². The van der Waals surface area contributed by atoms with Crippen LogP contribution in [0.15, 0.2) is 72.8 Å². The number of hydrogen-bond donors (Lipinski definition) is 4. The first-order chi connectivity index (χ1) is 20.9. The number of carbonyl (C=O) groups excluding carboxylic acids is 3. The lowest BCUT2D eigenvalue weighted by atomic mass is 9.96. The second-order valence-corrected chi connectivity index (χ2v) is 13.6. The summed E-state index contributed by atoms with van der Waals surface area (Å²) in [5, 5.41) is 27.4. The number of rotatable bonds is 11. The molecular weight excluding hydrogens is 576 g/mol. The number of nitrogens with one attached hydrogen (secondary N) is 2. The smallest absolute Gasteiger partial charge is 0.254 e. The summed E-state index contributed by atoms with van der Waals surface area (Å²) in [5.74, 6) is -1.27. The number of phenols is 1. The van der Waals surface area contributed by atoms with Gasteiger partial charge in [0.2, 0.25) is 5.91 Å². The summed E-state index contributed by atoms with van der Waals surface area (Å²) < 4.78 is -0.608. The van der Waals surface area contributed by atoms with Crippen molar-refractivity contribution in [1.82, 2.24) is 20.4 Å². The second kappa shape index (κ2) is 14.3. The molecule has 1 aliphatic heterocycles. The maximum Gasteiger partial charge on any atom is 0.254 e. The molecule has 3 amide bonds. The molecule has 9 nitrogen and oxygen atoms in total. The monoisotopic (exact) mass is 618 g/mol. The molecule has 1 heterocycles. The third kappa shape index (κ3) is 7.99. The third-order valence-electron chi connectivity index (χ3n) is 7.83. The lowest BCUT2D eigenvalue weighted by molar-refractivity contribution is -0.147. The molecule has 3 aromatic rings. The van der Waals surface area contributed by atoms with Crippen molar-refractivity contribution in [3.8, 4) is 5.75 Å². The zero-order valence-corrected chi connectivity index (χ0v) is 26.7. The van der Waals surface area contributed by atoms with Gasteiger partial charge in [-0.05, 0) is 70.1 Å². The average Bonchev–Trinajstić information content (AvgIpc) is 3.31. The molecule has 0 aromatic heterocycles. The predicted octanol–water partition coefficient (Wildman–Crippen LogP) is 3.46. The molecule has 0 radical (unpaired) electrons. The van der Waals surface area contributed by atoms with Gasteiger partial charge in [0.25, 0.3) is 11.8 Å². The Morgan fingerprint density at radius 3 is 2.36 bits per heavy atom. The van der Waals surface area contributed by atoms with Crippen LogP contribution in [0.5, 0.6) is 5.75 Å². The van der Waals surface area contributed by atoms with E-state index < -0.39 is 34.7 Å². The van der Waals surface area contributed by atoms with Gasteiger partial charge in [0, 0.05) is 29.0 Å². The molecule has 4 rings (SSSR count). The van der Waals surface area contributed by atoms with Crippen LogP contribution >= 0.6 is 11.8 Å². The number of phenolic OH excluding ortho intramolecular Hbond substituents is 1. The average molecular weight is 619 g/mol. The number of nitrogens with zero attached hydrogens (tertiary/aromatic N) is 2. The number of aromatic hydroxyl groups is 1. The first kappa shape index (κ1) is 33.0. The molecular formula is C34H42N4O5S. The summed E-state index contributed by atoms with van der Waals surface area (Å²) >= 11 is 1.46. The van der Waals surface area contributed by atoms with Crippen LogP contribution in [0.4, 0.5) is 0 Å². The Hall–Kier alpha value is -3.86. The molecule has 0 saturated carbocycles. The minimum atomic E-state index is -1.62. The minimum absolute atomic E-state index is 0.0245. The second-order valence-electron chi connectivity index (χ2n) is 12.0. The van der Waals surface area contributed by atoms with E-state index in [1.54, 1.807) is 19.1 Å². The van der Waals surface area contributed by atoms with Crippen molar-refractivity contribution in [3.63, 3.8) is 0 Å². The topological polar surface area (TPSA) is 122 Å². The largest absolute Gasteiger partial charge is 0.508 e. The Labute approximate surface area is 263 Å². The highest BCUT2D eigenvalue weighted by molar-refractivity contribution is 8.00. The number of carbonyl (C=O) groups is 3. The Morgan fingerprint density at radius 2 is 1.66 bits per heavy atom. The van der Waals surface area contributed by atoms with E-state index in [0.29, 0.717) is 12.1 Å². The molecule has 234 valence electrons. The highest BCUT2D eigenvalue weighted by Crippen LogP contribution is 2.40. The summed E-state index contributed by atoms with van der Waals surface area (Å²) in [6.45, 7) is 6.53. The molecule has 0 spiro atoms. The maximum absolute atomic E-state index is 13.9. The number of amides is 3. The van der Waals surface area contributed by atoms with Gasteiger partial charge in [-0.25, -0.2) is 0 Å². The van der Waals surface area contributed by atoms with Crippen LogP contribution in [-0.4, -0.2) is 80.6 Å². The van der Waals surface area contributed by atoms with Gasteiger partial charge in [-0.15, -0.1) is 11.8 Å². The summed E-state index contributed by atoms with van der Waals surface area (Å²) in [5.41, 5.74) is 3.54. The zero-order valence-electron chi connectivity index (χ0n) is 25.9. The van der Waals surface area contributed by atoms with Crippen molar-refractivity contribution < 1.29 is 24.6 Å². The summed E-state index contributed by atoms with van der Waals surface area (Å²) in [4.78, 5) is 44.4. The highest BCUT2D eigenvalue weighted by atomic mass is 32.2. The third-order valence-corrected chi connectivity index (χ3v) is 9.21. The number of hydrogen-bond acceptors (Lipinski definition) is 7. The number of benzene rings is 3. The van der Waals surface area contributed by atoms with Gasteiger partial charge in [0.05, 0.1) is 11.9 Å². The van der Waals surface area contributed by atoms with E-state index in [0.717, 1.165) is 23.2 Å². The minimum Gasteiger partial charge on any atom is -0.508 e. The van der Waals surface area contributed by atoms with E-state index in [1.807, 2.05) is 82.5 Å². The summed E-state index contributed by atoms with van der Waals surface area (Å²) in [6.07, 6.45) is -1.44. The normalized spacial score (nSPS) is 17.2. The van der Waals surface area contributed by atoms with Gasteiger partial charge < -0.3 is 30.6 Å². The van der Waals surface area contributed by atoms with Crippen molar-refractivity contribution in [2.45, 2.75) is 63.2 Å². The molecule has 0 bridgehead atoms. The lowest BCUT2D eigenvalue weighted by Crippen LogP contribution is -2.58. The van der Waals surface area contributed by atoms with Gasteiger partial charge in [0.15, 0.2) is 6.10 Å². The molecule has 3 atom stereocenters. The highest BCUT2D eigenvalue weighted by Gasteiger charge is 2.49. The van der Waals surface area contributed by atoms with E-state index in [1.165, 1.54) is 22.7 Å². The fourth-order valence-corrected chi connectivity index (χ4v) is 6.61. The molecule has 0 aliphatic carbocycles. The van der Waals surface area contributed by atoms with Gasteiger partial charge in [-0.1, -0.05) is 60.7 Å². The molecule has 1 unspecified atom stereocenters. The SMILES string of the molecule is Cc1c(O)cccc1C(=O)N[C@@H](Cc1ccccc1)[C@H](O)C(=O)N1CSC(C)(C)C1C(=O)NCc1cccc(CN(C)C)c1. The van der Waals surface area contributed by atoms with Crippen LogP contribution in [0.3, 0.4) is 0 Å². The zero-order chi connectivity index (χ0) is 32.0. The van der Waals surface area contributed by atoms with Gasteiger partial charge >= 0.3 is 0 Å². The van der Waals surface area contributed by atoms with Crippen LogP contribution in [-0.2, 0) is 29.1 Å². The molecule has 44 heavy (non-hydrogen) atoms. The van der Waals surface area contributed by atoms with Crippen molar-refractivity contribution >= 4 is 29.5 Å². The first-order valence-electron chi connectivity index (χ1n) is 14.6. The van der Waals surface area contributed by atoms with Crippen LogP contribution < -0.4 is 10.6 Å². The molecule has 10 heteroatoms. The Kier molecular flexibility index (Phi) is 10.7. The summed E-state index contributed by atoms with van der Waals surface area (Å²) in [6, 6.07) is 20.1. The van der Waals surface area contributed by atoms with Crippen LogP contribution in [0.2, 0.25) is 0 Å². The number of aliphatic hydroxyl groups excluding tert-OH is 1. The van der Waals surface area contributed by atoms with Gasteiger partial charge in [-0.2, -0.15) is 0 Å². The first-order valence-corrected chi connectivity index (χ1v) is 15.6. The lowest BCUT2D eigenvalue weighted by Gasteiger charge is -2.33. The van der Waals surface area contributed by atoms with Crippen molar-refractivity contribution in [2.24, 2.45) is 0 Å². The van der Waals surface area contributed by atoms with E-state index in [4.69, 9.17) is 0 Å². The Balaban J connectivity index is 1.53. The van der Waals surface area contributed by atoms with E-state index in [-0.39, 0.29) is 29.5 Å². The molecule has 3 aromatic carbocycles. The fraction of sp³-hybridized carbons (Fsp3) is 0.382. The Bertz CT molecular complexity index is 1480. The van der Waals surface area contributed by atoms with E-state index >= 15 is 0 Å². The van der Waals surface area contributed by atoms with Crippen molar-refractivity contribution in [1.29, 1.82) is 0 Å². The molecule has 4 N–H and O–H groups in total. The quantitative estimate of drug-likeness (QED) is 0.260. The molecule has 1 fully saturated rings.